The molecule has 0 saturated carbocycles. The van der Waals surface area contributed by atoms with E-state index in [1.165, 1.54) is 0 Å². The number of aliphatic hydroxyl groups excluding tert-OH is 1. The van der Waals surface area contributed by atoms with Gasteiger partial charge in [-0.25, -0.2) is 0 Å². The van der Waals surface area contributed by atoms with Gasteiger partial charge >= 0.3 is 0 Å². The quantitative estimate of drug-likeness (QED) is 0.663. The van der Waals surface area contributed by atoms with E-state index in [-0.39, 0.29) is 0 Å². The van der Waals surface area contributed by atoms with E-state index in [0.29, 0.717) is 17.1 Å². The standard InChI is InChI=1S/C15H13Br3O3/c1-20-13-7-12(18)14(21-2)6-10(13)15(19)9-4-3-8(16)5-11(9)17/h3-7,15,19H,1-2H3. The van der Waals surface area contributed by atoms with Gasteiger partial charge in [0, 0.05) is 14.5 Å². The third kappa shape index (κ3) is 3.62. The molecule has 0 heterocycles. The maximum atomic E-state index is 10.7. The summed E-state index contributed by atoms with van der Waals surface area (Å²) in [5.74, 6) is 1.23. The van der Waals surface area contributed by atoms with Crippen LogP contribution in [0.1, 0.15) is 17.2 Å². The molecule has 0 aliphatic carbocycles. The first-order valence-corrected chi connectivity index (χ1v) is 8.40. The van der Waals surface area contributed by atoms with Gasteiger partial charge in [-0.05, 0) is 45.8 Å². The van der Waals surface area contributed by atoms with Gasteiger partial charge in [-0.3, -0.25) is 0 Å². The predicted molar refractivity (Wildman–Crippen MR) is 93.1 cm³/mol. The van der Waals surface area contributed by atoms with Gasteiger partial charge in [0.2, 0.25) is 0 Å². The molecule has 0 saturated heterocycles. The molecule has 1 N–H and O–H groups in total. The molecule has 0 spiro atoms. The molecular formula is C15H13Br3O3. The van der Waals surface area contributed by atoms with Gasteiger partial charge in [-0.1, -0.05) is 37.9 Å². The fourth-order valence-corrected chi connectivity index (χ4v) is 3.74. The van der Waals surface area contributed by atoms with Crippen LogP contribution in [0, 0.1) is 0 Å². The van der Waals surface area contributed by atoms with Crippen LogP contribution in [0.15, 0.2) is 43.7 Å². The van der Waals surface area contributed by atoms with Gasteiger partial charge in [-0.15, -0.1) is 0 Å². The Bertz CT molecular complexity index is 659. The molecule has 0 aliphatic rings. The lowest BCUT2D eigenvalue weighted by molar-refractivity contribution is 0.213. The second-order valence-electron chi connectivity index (χ2n) is 4.30. The van der Waals surface area contributed by atoms with Crippen molar-refractivity contribution in [3.05, 3.63) is 54.9 Å². The first kappa shape index (κ1) is 16.8. The number of hydrogen-bond acceptors (Lipinski definition) is 3. The van der Waals surface area contributed by atoms with Crippen molar-refractivity contribution in [2.24, 2.45) is 0 Å². The molecule has 2 aromatic carbocycles. The lowest BCUT2D eigenvalue weighted by Gasteiger charge is -2.18. The van der Waals surface area contributed by atoms with E-state index in [0.717, 1.165) is 19.0 Å². The van der Waals surface area contributed by atoms with Gasteiger partial charge in [-0.2, -0.15) is 0 Å². The Morgan fingerprint density at radius 1 is 0.857 bits per heavy atom. The summed E-state index contributed by atoms with van der Waals surface area (Å²) in [5, 5.41) is 10.7. The maximum absolute atomic E-state index is 10.7. The Balaban J connectivity index is 2.53. The molecule has 1 unspecified atom stereocenters. The number of halogens is 3. The van der Waals surface area contributed by atoms with Gasteiger partial charge < -0.3 is 14.6 Å². The summed E-state index contributed by atoms with van der Waals surface area (Å²) in [5.41, 5.74) is 1.39. The summed E-state index contributed by atoms with van der Waals surface area (Å²) in [6.45, 7) is 0. The van der Waals surface area contributed by atoms with Crippen LogP contribution >= 0.6 is 47.8 Å². The molecule has 0 aromatic heterocycles. The van der Waals surface area contributed by atoms with Crippen LogP contribution in [0.5, 0.6) is 11.5 Å². The molecule has 0 amide bonds. The summed E-state index contributed by atoms with van der Waals surface area (Å²) >= 11 is 10.3. The van der Waals surface area contributed by atoms with Crippen LogP contribution in [0.3, 0.4) is 0 Å². The van der Waals surface area contributed by atoms with Crippen molar-refractivity contribution in [2.75, 3.05) is 14.2 Å². The summed E-state index contributed by atoms with van der Waals surface area (Å²) < 4.78 is 13.2. The van der Waals surface area contributed by atoms with Crippen molar-refractivity contribution in [2.45, 2.75) is 6.10 Å². The minimum Gasteiger partial charge on any atom is -0.496 e. The van der Waals surface area contributed by atoms with Crippen molar-refractivity contribution in [3.63, 3.8) is 0 Å². The number of methoxy groups -OCH3 is 2. The lowest BCUT2D eigenvalue weighted by atomic mass is 10.0. The molecule has 0 radical (unpaired) electrons. The van der Waals surface area contributed by atoms with Crippen molar-refractivity contribution < 1.29 is 14.6 Å². The zero-order valence-corrected chi connectivity index (χ0v) is 16.1. The Kier molecular flexibility index (Phi) is 5.71. The van der Waals surface area contributed by atoms with E-state index in [4.69, 9.17) is 9.47 Å². The van der Waals surface area contributed by atoms with Crippen molar-refractivity contribution in [1.82, 2.24) is 0 Å². The average Bonchev–Trinajstić information content (AvgIpc) is 2.46. The van der Waals surface area contributed by atoms with Crippen molar-refractivity contribution in [1.29, 1.82) is 0 Å². The van der Waals surface area contributed by atoms with Crippen LogP contribution in [0.2, 0.25) is 0 Å². The molecule has 0 aliphatic heterocycles. The SMILES string of the molecule is COc1cc(C(O)c2ccc(Br)cc2Br)c(OC)cc1Br. The van der Waals surface area contributed by atoms with Crippen LogP contribution in [-0.4, -0.2) is 19.3 Å². The minimum absolute atomic E-state index is 0.588. The van der Waals surface area contributed by atoms with Crippen LogP contribution in [0.25, 0.3) is 0 Å². The molecule has 1 atom stereocenters. The van der Waals surface area contributed by atoms with Crippen LogP contribution in [0.4, 0.5) is 0 Å². The number of rotatable bonds is 4. The molecule has 0 bridgehead atoms. The average molecular weight is 481 g/mol. The van der Waals surface area contributed by atoms with Gasteiger partial charge in [0.1, 0.15) is 17.6 Å². The fraction of sp³-hybridized carbons (Fsp3) is 0.200. The zero-order valence-electron chi connectivity index (χ0n) is 11.4. The maximum Gasteiger partial charge on any atom is 0.133 e. The minimum atomic E-state index is -0.829. The summed E-state index contributed by atoms with van der Waals surface area (Å²) in [7, 11) is 3.15. The molecular weight excluding hydrogens is 468 g/mol. The summed E-state index contributed by atoms with van der Waals surface area (Å²) in [6.07, 6.45) is -0.829. The third-order valence-electron chi connectivity index (χ3n) is 3.06. The molecule has 2 aromatic rings. The Morgan fingerprint density at radius 2 is 1.52 bits per heavy atom. The monoisotopic (exact) mass is 478 g/mol. The second kappa shape index (κ2) is 7.13. The summed E-state index contributed by atoms with van der Waals surface area (Å²) in [4.78, 5) is 0. The molecule has 21 heavy (non-hydrogen) atoms. The van der Waals surface area contributed by atoms with Gasteiger partial charge in [0.25, 0.3) is 0 Å². The highest BCUT2D eigenvalue weighted by Crippen LogP contribution is 2.39. The second-order valence-corrected chi connectivity index (χ2v) is 6.92. The number of aliphatic hydroxyl groups is 1. The van der Waals surface area contributed by atoms with E-state index in [2.05, 4.69) is 47.8 Å². The van der Waals surface area contributed by atoms with Crippen LogP contribution < -0.4 is 9.47 Å². The molecule has 3 nitrogen and oxygen atoms in total. The largest absolute Gasteiger partial charge is 0.496 e. The molecule has 112 valence electrons. The van der Waals surface area contributed by atoms with E-state index in [1.54, 1.807) is 26.4 Å². The first-order valence-electron chi connectivity index (χ1n) is 6.02. The molecule has 2 rings (SSSR count). The Hall–Kier alpha value is -0.560. The van der Waals surface area contributed by atoms with E-state index in [9.17, 15) is 5.11 Å². The number of ether oxygens (including phenoxy) is 2. The zero-order chi connectivity index (χ0) is 15.6. The van der Waals surface area contributed by atoms with Gasteiger partial charge in [0.15, 0.2) is 0 Å². The molecule has 6 heteroatoms. The lowest BCUT2D eigenvalue weighted by Crippen LogP contribution is -2.04. The third-order valence-corrected chi connectivity index (χ3v) is 4.86. The topological polar surface area (TPSA) is 38.7 Å². The van der Waals surface area contributed by atoms with Crippen molar-refractivity contribution in [3.8, 4) is 11.5 Å². The van der Waals surface area contributed by atoms with E-state index < -0.39 is 6.10 Å². The van der Waals surface area contributed by atoms with Gasteiger partial charge in [0.05, 0.1) is 18.7 Å². The smallest absolute Gasteiger partial charge is 0.133 e. The normalized spacial score (nSPS) is 12.1. The predicted octanol–water partition coefficient (Wildman–Crippen LogP) is 5.07. The highest BCUT2D eigenvalue weighted by atomic mass is 79.9. The highest BCUT2D eigenvalue weighted by molar-refractivity contribution is 9.11. The molecule has 0 fully saturated rings. The number of benzene rings is 2. The fourth-order valence-electron chi connectivity index (χ4n) is 1.99. The van der Waals surface area contributed by atoms with E-state index >= 15 is 0 Å². The summed E-state index contributed by atoms with van der Waals surface area (Å²) in [6, 6.07) is 9.17. The highest BCUT2D eigenvalue weighted by Gasteiger charge is 2.20. The Labute approximate surface area is 148 Å². The first-order chi connectivity index (χ1) is 9.97. The Morgan fingerprint density at radius 3 is 2.10 bits per heavy atom. The number of hydrogen-bond donors (Lipinski definition) is 1. The van der Waals surface area contributed by atoms with Crippen LogP contribution in [-0.2, 0) is 0 Å². The van der Waals surface area contributed by atoms with Crippen molar-refractivity contribution >= 4 is 47.8 Å². The van der Waals surface area contributed by atoms with E-state index in [1.807, 2.05) is 18.2 Å².